The van der Waals surface area contributed by atoms with Crippen LogP contribution in [-0.4, -0.2) is 37.4 Å². The van der Waals surface area contributed by atoms with E-state index in [9.17, 15) is 9.18 Å². The molecule has 0 unspecified atom stereocenters. The first-order valence-electron chi connectivity index (χ1n) is 8.43. The molecule has 0 aliphatic heterocycles. The van der Waals surface area contributed by atoms with Crippen LogP contribution in [0.15, 0.2) is 58.3 Å². The maximum absolute atomic E-state index is 13.8. The third-order valence-corrected chi connectivity index (χ3v) is 4.32. The fourth-order valence-corrected chi connectivity index (χ4v) is 2.83. The van der Waals surface area contributed by atoms with Gasteiger partial charge >= 0.3 is 0 Å². The quantitative estimate of drug-likeness (QED) is 0.369. The summed E-state index contributed by atoms with van der Waals surface area (Å²) < 4.78 is 19.7. The van der Waals surface area contributed by atoms with Crippen molar-refractivity contribution in [3.63, 3.8) is 0 Å². The van der Waals surface area contributed by atoms with E-state index in [2.05, 4.69) is 35.8 Å². The van der Waals surface area contributed by atoms with Crippen molar-refractivity contribution in [3.05, 3.63) is 70.6 Å². The van der Waals surface area contributed by atoms with E-state index in [4.69, 9.17) is 17.3 Å². The van der Waals surface area contributed by atoms with E-state index in [1.165, 1.54) is 22.9 Å². The van der Waals surface area contributed by atoms with Gasteiger partial charge in [-0.05, 0) is 22.4 Å². The van der Waals surface area contributed by atoms with Crippen LogP contribution >= 0.6 is 11.6 Å². The highest BCUT2D eigenvalue weighted by atomic mass is 35.5. The lowest BCUT2D eigenvalue weighted by Crippen LogP contribution is -2.19. The predicted octanol–water partition coefficient (Wildman–Crippen LogP) is 2.46. The summed E-state index contributed by atoms with van der Waals surface area (Å²) in [5, 5.41) is 19.0. The van der Waals surface area contributed by atoms with Gasteiger partial charge in [0.25, 0.3) is 5.91 Å². The Kier molecular flexibility index (Phi) is 5.18. The van der Waals surface area contributed by atoms with Gasteiger partial charge in [0.2, 0.25) is 11.6 Å². The Morgan fingerprint density at radius 2 is 2.00 bits per heavy atom. The lowest BCUT2D eigenvalue weighted by Gasteiger charge is -2.05. The standard InChI is InChI=1S/C18H12ClFN8O2/c19-12-7-4-8-13(20)11(12)9-22-24-18(29)14-15(10-5-2-1-3-6-10)28(27-23-14)17-16(21)25-30-26-17/h1-9H,(H2,21,25)(H,24,29)/b22-9-. The van der Waals surface area contributed by atoms with Crippen molar-refractivity contribution in [2.75, 3.05) is 5.73 Å². The lowest BCUT2D eigenvalue weighted by molar-refractivity contribution is 0.0950. The Morgan fingerprint density at radius 1 is 1.20 bits per heavy atom. The van der Waals surface area contributed by atoms with Crippen LogP contribution in [0, 0.1) is 5.82 Å². The molecule has 0 aliphatic rings. The second-order valence-electron chi connectivity index (χ2n) is 5.87. The first kappa shape index (κ1) is 19.2. The molecule has 10 nitrogen and oxygen atoms in total. The first-order valence-corrected chi connectivity index (χ1v) is 8.81. The van der Waals surface area contributed by atoms with Crippen molar-refractivity contribution in [1.82, 2.24) is 30.7 Å². The number of amides is 1. The molecule has 4 aromatic rings. The number of nitrogen functional groups attached to an aromatic ring is 1. The molecule has 0 saturated heterocycles. The molecule has 150 valence electrons. The van der Waals surface area contributed by atoms with Crippen LogP contribution in [-0.2, 0) is 0 Å². The lowest BCUT2D eigenvalue weighted by atomic mass is 10.1. The molecule has 3 N–H and O–H groups in total. The smallest absolute Gasteiger partial charge is 0.294 e. The number of nitrogens with two attached hydrogens (primary N) is 1. The number of rotatable bonds is 5. The molecule has 30 heavy (non-hydrogen) atoms. The molecule has 0 fully saturated rings. The largest absolute Gasteiger partial charge is 0.378 e. The van der Waals surface area contributed by atoms with E-state index in [0.717, 1.165) is 6.21 Å². The number of nitrogens with zero attached hydrogens (tertiary/aromatic N) is 6. The average molecular weight is 427 g/mol. The number of hydrogen-bond acceptors (Lipinski definition) is 8. The third-order valence-electron chi connectivity index (χ3n) is 3.99. The van der Waals surface area contributed by atoms with Gasteiger partial charge in [0, 0.05) is 11.1 Å². The summed E-state index contributed by atoms with van der Waals surface area (Å²) in [5.74, 6) is -1.23. The summed E-state index contributed by atoms with van der Waals surface area (Å²) in [5.41, 5.74) is 8.89. The molecule has 0 radical (unpaired) electrons. The minimum atomic E-state index is -0.696. The molecule has 0 saturated carbocycles. The summed E-state index contributed by atoms with van der Waals surface area (Å²) >= 11 is 5.94. The maximum Gasteiger partial charge on any atom is 0.294 e. The normalized spacial score (nSPS) is 11.1. The minimum Gasteiger partial charge on any atom is -0.378 e. The van der Waals surface area contributed by atoms with E-state index in [1.807, 2.05) is 6.07 Å². The zero-order valence-corrected chi connectivity index (χ0v) is 15.8. The van der Waals surface area contributed by atoms with Gasteiger partial charge in [-0.25, -0.2) is 14.4 Å². The van der Waals surface area contributed by atoms with Gasteiger partial charge < -0.3 is 5.73 Å². The molecular weight excluding hydrogens is 415 g/mol. The number of nitrogens with one attached hydrogen (secondary N) is 1. The van der Waals surface area contributed by atoms with Crippen molar-refractivity contribution in [1.29, 1.82) is 0 Å². The van der Waals surface area contributed by atoms with Crippen LogP contribution in [0.25, 0.3) is 17.1 Å². The topological polar surface area (TPSA) is 137 Å². The second-order valence-corrected chi connectivity index (χ2v) is 6.28. The van der Waals surface area contributed by atoms with Crippen LogP contribution < -0.4 is 11.2 Å². The Labute approximate surface area is 173 Å². The van der Waals surface area contributed by atoms with Crippen LogP contribution in [0.1, 0.15) is 16.1 Å². The zero-order valence-electron chi connectivity index (χ0n) is 15.0. The van der Waals surface area contributed by atoms with Crippen molar-refractivity contribution in [3.8, 4) is 17.1 Å². The van der Waals surface area contributed by atoms with Crippen LogP contribution in [0.3, 0.4) is 0 Å². The molecule has 1 amide bonds. The summed E-state index contributed by atoms with van der Waals surface area (Å²) in [6.45, 7) is 0. The van der Waals surface area contributed by atoms with E-state index in [-0.39, 0.29) is 33.6 Å². The number of hydrazone groups is 1. The highest BCUT2D eigenvalue weighted by molar-refractivity contribution is 6.33. The number of benzene rings is 2. The molecule has 2 aromatic heterocycles. The summed E-state index contributed by atoms with van der Waals surface area (Å²) in [4.78, 5) is 12.7. The fourth-order valence-electron chi connectivity index (χ4n) is 2.62. The molecule has 12 heteroatoms. The van der Waals surface area contributed by atoms with E-state index in [0.29, 0.717) is 5.56 Å². The number of carbonyl (C=O) groups is 1. The first-order chi connectivity index (χ1) is 14.6. The van der Waals surface area contributed by atoms with E-state index < -0.39 is 11.7 Å². The van der Waals surface area contributed by atoms with Gasteiger partial charge in [-0.1, -0.05) is 53.2 Å². The highest BCUT2D eigenvalue weighted by Gasteiger charge is 2.25. The van der Waals surface area contributed by atoms with Crippen molar-refractivity contribution in [2.45, 2.75) is 0 Å². The molecular formula is C18H12ClFN8O2. The van der Waals surface area contributed by atoms with E-state index in [1.54, 1.807) is 24.3 Å². The Bertz CT molecular complexity index is 1220. The summed E-state index contributed by atoms with van der Waals surface area (Å²) in [6.07, 6.45) is 1.10. The van der Waals surface area contributed by atoms with E-state index >= 15 is 0 Å². The average Bonchev–Trinajstić information content (AvgIpc) is 3.36. The summed E-state index contributed by atoms with van der Waals surface area (Å²) in [7, 11) is 0. The zero-order chi connectivity index (χ0) is 21.1. The van der Waals surface area contributed by atoms with Gasteiger partial charge in [-0.3, -0.25) is 4.79 Å². The number of aromatic nitrogens is 5. The van der Waals surface area contributed by atoms with Crippen LogP contribution in [0.5, 0.6) is 0 Å². The van der Waals surface area contributed by atoms with Gasteiger partial charge in [0.15, 0.2) is 5.69 Å². The SMILES string of the molecule is Nc1nonc1-n1nnc(C(=O)N/N=C\c2c(F)cccc2Cl)c1-c1ccccc1. The van der Waals surface area contributed by atoms with Crippen molar-refractivity contribution < 1.29 is 13.8 Å². The third kappa shape index (κ3) is 3.61. The molecule has 0 atom stereocenters. The molecule has 2 aromatic carbocycles. The number of anilines is 1. The number of hydrogen-bond donors (Lipinski definition) is 2. The molecule has 4 rings (SSSR count). The minimum absolute atomic E-state index is 0.0312. The number of halogens is 2. The second kappa shape index (κ2) is 8.09. The van der Waals surface area contributed by atoms with Crippen molar-refractivity contribution in [2.24, 2.45) is 5.10 Å². The monoisotopic (exact) mass is 426 g/mol. The van der Waals surface area contributed by atoms with Crippen molar-refractivity contribution >= 4 is 29.5 Å². The molecule has 0 aliphatic carbocycles. The number of carbonyl (C=O) groups excluding carboxylic acids is 1. The Morgan fingerprint density at radius 3 is 2.70 bits per heavy atom. The van der Waals surface area contributed by atoms with Gasteiger partial charge in [-0.15, -0.1) is 5.10 Å². The molecule has 0 bridgehead atoms. The van der Waals surface area contributed by atoms with Gasteiger partial charge in [0.05, 0.1) is 11.2 Å². The van der Waals surface area contributed by atoms with Crippen LogP contribution in [0.4, 0.5) is 10.2 Å². The van der Waals surface area contributed by atoms with Gasteiger partial charge in [0.1, 0.15) is 11.5 Å². The Balaban J connectivity index is 1.69. The highest BCUT2D eigenvalue weighted by Crippen LogP contribution is 2.26. The van der Waals surface area contributed by atoms with Gasteiger partial charge in [-0.2, -0.15) is 9.78 Å². The molecule has 2 heterocycles. The maximum atomic E-state index is 13.8. The van der Waals surface area contributed by atoms with Crippen LogP contribution in [0.2, 0.25) is 5.02 Å². The Hall–Kier alpha value is -4.12. The summed E-state index contributed by atoms with van der Waals surface area (Å²) in [6, 6.07) is 13.0. The molecule has 0 spiro atoms. The predicted molar refractivity (Wildman–Crippen MR) is 106 cm³/mol. The fraction of sp³-hybridized carbons (Fsp3) is 0.